The normalized spacial score (nSPS) is 17.0. The summed E-state index contributed by atoms with van der Waals surface area (Å²) in [6, 6.07) is 13.5. The fourth-order valence-electron chi connectivity index (χ4n) is 2.93. The molecule has 25 heavy (non-hydrogen) atoms. The van der Waals surface area contributed by atoms with Gasteiger partial charge in [0.25, 0.3) is 0 Å². The van der Waals surface area contributed by atoms with Crippen molar-refractivity contribution >= 4 is 29.1 Å². The summed E-state index contributed by atoms with van der Waals surface area (Å²) in [5.74, 6) is -0.458. The second-order valence-electron chi connectivity index (χ2n) is 6.61. The van der Waals surface area contributed by atoms with Crippen LogP contribution in [0.1, 0.15) is 23.1 Å². The maximum atomic E-state index is 12.5. The fourth-order valence-corrected chi connectivity index (χ4v) is 3.11. The number of carbonyl (C=O) groups is 2. The quantitative estimate of drug-likeness (QED) is 0.901. The molecule has 0 aromatic heterocycles. The molecule has 0 aliphatic carbocycles. The Kier molecular flexibility index (Phi) is 5.09. The van der Waals surface area contributed by atoms with E-state index in [2.05, 4.69) is 5.32 Å². The average Bonchev–Trinajstić information content (AvgIpc) is 2.94. The number of amides is 2. The summed E-state index contributed by atoms with van der Waals surface area (Å²) in [6.45, 7) is 4.92. The van der Waals surface area contributed by atoms with E-state index >= 15 is 0 Å². The van der Waals surface area contributed by atoms with Crippen LogP contribution in [0.5, 0.6) is 0 Å². The topological polar surface area (TPSA) is 49.4 Å². The Labute approximate surface area is 152 Å². The molecule has 4 nitrogen and oxygen atoms in total. The number of anilines is 1. The van der Waals surface area contributed by atoms with Gasteiger partial charge in [-0.1, -0.05) is 47.5 Å². The highest BCUT2D eigenvalue weighted by Gasteiger charge is 2.34. The van der Waals surface area contributed by atoms with Crippen LogP contribution in [-0.4, -0.2) is 23.3 Å². The van der Waals surface area contributed by atoms with E-state index in [0.717, 1.165) is 11.1 Å². The predicted molar refractivity (Wildman–Crippen MR) is 99.5 cm³/mol. The molecule has 0 unspecified atom stereocenters. The minimum Gasteiger partial charge on any atom is -0.338 e. The molecule has 1 saturated heterocycles. The Morgan fingerprint density at radius 1 is 1.20 bits per heavy atom. The lowest BCUT2D eigenvalue weighted by Gasteiger charge is -2.17. The van der Waals surface area contributed by atoms with Crippen molar-refractivity contribution in [2.24, 2.45) is 5.92 Å². The second-order valence-corrected chi connectivity index (χ2v) is 7.02. The first-order valence-electron chi connectivity index (χ1n) is 8.32. The molecule has 1 aliphatic rings. The van der Waals surface area contributed by atoms with E-state index in [4.69, 9.17) is 11.6 Å². The van der Waals surface area contributed by atoms with Gasteiger partial charge in [-0.3, -0.25) is 9.59 Å². The zero-order valence-electron chi connectivity index (χ0n) is 14.4. The van der Waals surface area contributed by atoms with Gasteiger partial charge in [0.15, 0.2) is 0 Å². The van der Waals surface area contributed by atoms with Crippen molar-refractivity contribution in [3.8, 4) is 0 Å². The summed E-state index contributed by atoms with van der Waals surface area (Å²) < 4.78 is 0. The maximum Gasteiger partial charge on any atom is 0.229 e. The number of carbonyl (C=O) groups excluding carboxylic acids is 2. The molecule has 2 amide bonds. The molecule has 1 N–H and O–H groups in total. The van der Waals surface area contributed by atoms with E-state index in [-0.39, 0.29) is 24.2 Å². The molecule has 0 spiro atoms. The predicted octanol–water partition coefficient (Wildman–Crippen LogP) is 3.94. The van der Waals surface area contributed by atoms with Crippen molar-refractivity contribution in [3.05, 3.63) is 64.2 Å². The Bertz CT molecular complexity index is 802. The highest BCUT2D eigenvalue weighted by atomic mass is 35.5. The molecular formula is C20H21ClN2O2. The lowest BCUT2D eigenvalue weighted by atomic mass is 10.1. The lowest BCUT2D eigenvalue weighted by Crippen LogP contribution is -2.28. The van der Waals surface area contributed by atoms with Crippen LogP contribution < -0.4 is 5.32 Å². The van der Waals surface area contributed by atoms with E-state index < -0.39 is 0 Å². The van der Waals surface area contributed by atoms with Gasteiger partial charge >= 0.3 is 0 Å². The van der Waals surface area contributed by atoms with Gasteiger partial charge in [-0.05, 0) is 37.1 Å². The van der Waals surface area contributed by atoms with Gasteiger partial charge in [-0.25, -0.2) is 0 Å². The smallest absolute Gasteiger partial charge is 0.229 e. The van der Waals surface area contributed by atoms with Crippen LogP contribution in [0, 0.1) is 19.8 Å². The number of hydrogen-bond donors (Lipinski definition) is 1. The highest BCUT2D eigenvalue weighted by molar-refractivity contribution is 6.31. The molecule has 3 rings (SSSR count). The third kappa shape index (κ3) is 4.20. The van der Waals surface area contributed by atoms with Crippen molar-refractivity contribution in [2.45, 2.75) is 26.8 Å². The Balaban J connectivity index is 1.62. The first kappa shape index (κ1) is 17.5. The third-order valence-electron chi connectivity index (χ3n) is 4.52. The summed E-state index contributed by atoms with van der Waals surface area (Å²) in [5, 5.41) is 3.47. The highest BCUT2D eigenvalue weighted by Crippen LogP contribution is 2.24. The fraction of sp³-hybridized carbons (Fsp3) is 0.300. The zero-order chi connectivity index (χ0) is 18.0. The van der Waals surface area contributed by atoms with Crippen molar-refractivity contribution < 1.29 is 9.59 Å². The van der Waals surface area contributed by atoms with E-state index in [0.29, 0.717) is 23.8 Å². The number of benzene rings is 2. The molecule has 2 aromatic carbocycles. The number of aryl methyl sites for hydroxylation is 2. The van der Waals surface area contributed by atoms with Crippen LogP contribution in [0.15, 0.2) is 42.5 Å². The standard InChI is InChI=1S/C20H21ClN2O2/c1-13-3-6-15(7-4-13)11-23-12-16(9-19(23)24)20(25)22-17-8-5-14(2)18(21)10-17/h3-8,10,16H,9,11-12H2,1-2H3,(H,22,25)/t16-/m1/s1. The summed E-state index contributed by atoms with van der Waals surface area (Å²) in [7, 11) is 0. The van der Waals surface area contributed by atoms with Gasteiger partial charge in [0.2, 0.25) is 11.8 Å². The van der Waals surface area contributed by atoms with Crippen molar-refractivity contribution in [3.63, 3.8) is 0 Å². The average molecular weight is 357 g/mol. The minimum atomic E-state index is -0.335. The number of halogens is 1. The van der Waals surface area contributed by atoms with Crippen molar-refractivity contribution in [1.82, 2.24) is 4.90 Å². The first-order valence-corrected chi connectivity index (χ1v) is 8.70. The summed E-state index contributed by atoms with van der Waals surface area (Å²) in [4.78, 5) is 26.4. The van der Waals surface area contributed by atoms with Crippen molar-refractivity contribution in [1.29, 1.82) is 0 Å². The molecular weight excluding hydrogens is 336 g/mol. The van der Waals surface area contributed by atoms with E-state index in [9.17, 15) is 9.59 Å². The SMILES string of the molecule is Cc1ccc(CN2C[C@H](C(=O)Nc3ccc(C)c(Cl)c3)CC2=O)cc1. The molecule has 1 aliphatic heterocycles. The van der Waals surface area contributed by atoms with Gasteiger partial charge in [0, 0.05) is 30.2 Å². The van der Waals surface area contributed by atoms with Crippen LogP contribution >= 0.6 is 11.6 Å². The summed E-state index contributed by atoms with van der Waals surface area (Å²) in [5.41, 5.74) is 3.88. The number of nitrogens with zero attached hydrogens (tertiary/aromatic N) is 1. The number of likely N-dealkylation sites (tertiary alicyclic amines) is 1. The molecule has 1 heterocycles. The molecule has 130 valence electrons. The monoisotopic (exact) mass is 356 g/mol. The van der Waals surface area contributed by atoms with Gasteiger partial charge in [-0.2, -0.15) is 0 Å². The molecule has 0 bridgehead atoms. The summed E-state index contributed by atoms with van der Waals surface area (Å²) >= 11 is 6.09. The minimum absolute atomic E-state index is 0.0164. The van der Waals surface area contributed by atoms with Crippen LogP contribution in [0.3, 0.4) is 0 Å². The van der Waals surface area contributed by atoms with Crippen LogP contribution in [-0.2, 0) is 16.1 Å². The first-order chi connectivity index (χ1) is 11.9. The van der Waals surface area contributed by atoms with E-state index in [1.165, 1.54) is 5.56 Å². The molecule has 5 heteroatoms. The Morgan fingerprint density at radius 2 is 1.92 bits per heavy atom. The Morgan fingerprint density at radius 3 is 2.60 bits per heavy atom. The van der Waals surface area contributed by atoms with Gasteiger partial charge in [-0.15, -0.1) is 0 Å². The van der Waals surface area contributed by atoms with Gasteiger partial charge < -0.3 is 10.2 Å². The van der Waals surface area contributed by atoms with Crippen molar-refractivity contribution in [2.75, 3.05) is 11.9 Å². The number of rotatable bonds is 4. The van der Waals surface area contributed by atoms with Crippen LogP contribution in [0.4, 0.5) is 5.69 Å². The van der Waals surface area contributed by atoms with Gasteiger partial charge in [0.05, 0.1) is 5.92 Å². The molecule has 0 saturated carbocycles. The molecule has 1 fully saturated rings. The number of nitrogens with one attached hydrogen (secondary N) is 1. The molecule has 0 radical (unpaired) electrons. The lowest BCUT2D eigenvalue weighted by molar-refractivity contribution is -0.128. The van der Waals surface area contributed by atoms with Gasteiger partial charge in [0.1, 0.15) is 0 Å². The largest absolute Gasteiger partial charge is 0.338 e. The molecule has 2 aromatic rings. The summed E-state index contributed by atoms with van der Waals surface area (Å²) in [6.07, 6.45) is 0.247. The van der Waals surface area contributed by atoms with Crippen LogP contribution in [0.25, 0.3) is 0 Å². The number of hydrogen-bond acceptors (Lipinski definition) is 2. The van der Waals surface area contributed by atoms with E-state index in [1.54, 1.807) is 11.0 Å². The zero-order valence-corrected chi connectivity index (χ0v) is 15.1. The second kappa shape index (κ2) is 7.28. The van der Waals surface area contributed by atoms with Crippen LogP contribution in [0.2, 0.25) is 5.02 Å². The van der Waals surface area contributed by atoms with E-state index in [1.807, 2.05) is 50.2 Å². The molecule has 1 atom stereocenters. The third-order valence-corrected chi connectivity index (χ3v) is 4.93. The Hall–Kier alpha value is -2.33. The maximum absolute atomic E-state index is 12.5.